The van der Waals surface area contributed by atoms with Gasteiger partial charge in [0.05, 0.1) is 22.2 Å². The second kappa shape index (κ2) is 24.9. The van der Waals surface area contributed by atoms with Gasteiger partial charge >= 0.3 is 0 Å². The zero-order valence-electron chi connectivity index (χ0n) is 64.0. The minimum atomic E-state index is -0.640. The van der Waals surface area contributed by atoms with E-state index < -0.39 is 10.8 Å². The highest BCUT2D eigenvalue weighted by atomic mass is 16.6. The average Bonchev–Trinajstić information content (AvgIpc) is 1.51. The van der Waals surface area contributed by atoms with E-state index >= 15 is 0 Å². The summed E-state index contributed by atoms with van der Waals surface area (Å²) in [6.45, 7) is 0. The zero-order chi connectivity index (χ0) is 77.8. The van der Waals surface area contributed by atoms with Gasteiger partial charge in [-0.05, 0) is 265 Å². The predicted molar refractivity (Wildman–Crippen MR) is 480 cm³/mol. The van der Waals surface area contributed by atoms with E-state index in [1.807, 2.05) is 18.2 Å². The van der Waals surface area contributed by atoms with Crippen LogP contribution in [0, 0.1) is 0 Å². The molecular formula is C112H66N2O5. The van der Waals surface area contributed by atoms with Gasteiger partial charge in [-0.1, -0.05) is 267 Å². The van der Waals surface area contributed by atoms with Crippen LogP contribution in [-0.4, -0.2) is 0 Å². The number of furan rings is 1. The first-order valence-corrected chi connectivity index (χ1v) is 40.7. The minimum absolute atomic E-state index is 0.529. The first-order chi connectivity index (χ1) is 58.9. The zero-order valence-corrected chi connectivity index (χ0v) is 64.0. The van der Waals surface area contributed by atoms with Crippen molar-refractivity contribution >= 4 is 77.6 Å². The Balaban J connectivity index is 0.548. The molecular weight excluding hydrogens is 1450 g/mol. The highest BCUT2D eigenvalue weighted by Gasteiger charge is 2.54. The molecule has 0 bridgehead atoms. The Bertz CT molecular complexity index is 7670. The summed E-state index contributed by atoms with van der Waals surface area (Å²) in [5.41, 5.74) is 32.7. The quantitative estimate of drug-likeness (QED) is 0.143. The van der Waals surface area contributed by atoms with Crippen LogP contribution in [0.15, 0.2) is 405 Å². The fourth-order valence-electron chi connectivity index (χ4n) is 20.9. The van der Waals surface area contributed by atoms with Gasteiger partial charge in [0.25, 0.3) is 0 Å². The van der Waals surface area contributed by atoms with Gasteiger partial charge in [0.15, 0.2) is 46.0 Å². The maximum atomic E-state index is 7.20. The van der Waals surface area contributed by atoms with Gasteiger partial charge in [0, 0.05) is 45.7 Å². The number of rotatable bonds is 9. The number of benzene rings is 19. The van der Waals surface area contributed by atoms with Gasteiger partial charge in [-0.25, -0.2) is 0 Å². The second-order valence-electron chi connectivity index (χ2n) is 32.0. The Morgan fingerprint density at radius 3 is 1.09 bits per heavy atom. The molecule has 0 unspecified atom stereocenters. The van der Waals surface area contributed by atoms with Crippen molar-refractivity contribution in [3.63, 3.8) is 0 Å². The van der Waals surface area contributed by atoms with E-state index in [9.17, 15) is 0 Å². The fraction of sp³-hybridized carbons (Fsp3) is 0.0179. The van der Waals surface area contributed by atoms with Crippen molar-refractivity contribution in [2.45, 2.75) is 10.8 Å². The molecule has 6 aliphatic rings. The van der Waals surface area contributed by atoms with Crippen molar-refractivity contribution in [1.82, 2.24) is 0 Å². The molecule has 1 aromatic heterocycles. The second-order valence-corrected chi connectivity index (χ2v) is 32.0. The highest BCUT2D eigenvalue weighted by molar-refractivity contribution is 6.08. The fourth-order valence-corrected chi connectivity index (χ4v) is 20.9. The Hall–Kier alpha value is -15.7. The molecule has 4 aliphatic carbocycles. The number of fused-ring (bicyclic) bond motifs is 29. The van der Waals surface area contributed by atoms with Gasteiger partial charge < -0.3 is 33.2 Å². The van der Waals surface area contributed by atoms with E-state index in [2.05, 4.69) is 392 Å². The van der Waals surface area contributed by atoms with Crippen LogP contribution in [0.4, 0.5) is 34.1 Å². The topological polar surface area (TPSA) is 56.5 Å². The van der Waals surface area contributed by atoms with Crippen LogP contribution in [0.25, 0.3) is 121 Å². The van der Waals surface area contributed by atoms with Gasteiger partial charge in [-0.3, -0.25) is 0 Å². The molecule has 0 amide bonds. The summed E-state index contributed by atoms with van der Waals surface area (Å²) in [4.78, 5) is 4.59. The standard InChI is InChI=1S/C112H66N2O5/c1-2-23-73(24-3-1)114(76-50-55-102-92(60-76)88-31-11-17-39-101(88)115-102)78-52-57-104-106(62-78)119-110-66-100-91(64-108(110)117-104)89-59-71(45-54-98(89)112(100)95-36-14-8-28-85(95)86-29-9-15-37-96(86)112)70-44-53-82-72(58-70)22-19-33-81(82)69-42-48-75(49-43-69)113(74-46-40-68(41-47-74)80-32-18-21-67-20-4-5-25-79(67)80)77-51-56-103-105(61-77)118-109-65-99-90(63-107(109)116-103)87-30-10-16-38-97(87)111(99)93-34-12-6-26-83(93)84-27-7-13-35-94(84)111/h1-66H. The maximum absolute atomic E-state index is 7.20. The molecule has 2 aliphatic heterocycles. The lowest BCUT2D eigenvalue weighted by Gasteiger charge is -2.31. The lowest BCUT2D eigenvalue weighted by Crippen LogP contribution is -2.26. The van der Waals surface area contributed by atoms with Crippen LogP contribution in [0.1, 0.15) is 44.5 Å². The summed E-state index contributed by atoms with van der Waals surface area (Å²) in [5.74, 6) is 5.28. The summed E-state index contributed by atoms with van der Waals surface area (Å²) in [5, 5.41) is 6.87. The number of anilines is 6. The van der Waals surface area contributed by atoms with Crippen molar-refractivity contribution < 1.29 is 23.4 Å². The molecule has 7 nitrogen and oxygen atoms in total. The molecule has 554 valence electrons. The summed E-state index contributed by atoms with van der Waals surface area (Å²) in [6.07, 6.45) is 0. The third kappa shape index (κ3) is 9.43. The molecule has 2 spiro atoms. The normalized spacial score (nSPS) is 13.6. The number of hydrogen-bond acceptors (Lipinski definition) is 7. The van der Waals surface area contributed by atoms with E-state index in [1.165, 1.54) is 83.1 Å². The molecule has 7 heteroatoms. The largest absolute Gasteiger partial charge is 0.456 e. The van der Waals surface area contributed by atoms with Crippen LogP contribution in [0.5, 0.6) is 46.0 Å². The van der Waals surface area contributed by atoms with E-state index in [4.69, 9.17) is 23.4 Å². The monoisotopic (exact) mass is 1520 g/mol. The molecule has 0 radical (unpaired) electrons. The third-order valence-corrected chi connectivity index (χ3v) is 26.0. The number of hydrogen-bond donors (Lipinski definition) is 0. The van der Waals surface area contributed by atoms with Crippen molar-refractivity contribution in [3.8, 4) is 124 Å². The van der Waals surface area contributed by atoms with Crippen LogP contribution in [0.3, 0.4) is 0 Å². The smallest absolute Gasteiger partial charge is 0.172 e. The molecule has 0 atom stereocenters. The Morgan fingerprint density at radius 2 is 0.521 bits per heavy atom. The lowest BCUT2D eigenvalue weighted by atomic mass is 9.70. The van der Waals surface area contributed by atoms with Crippen molar-refractivity contribution in [2.75, 3.05) is 9.80 Å². The summed E-state index contributed by atoms with van der Waals surface area (Å²) < 4.78 is 34.7. The number of ether oxygens (including phenoxy) is 4. The van der Waals surface area contributed by atoms with Crippen LogP contribution < -0.4 is 28.7 Å². The Morgan fingerprint density at radius 1 is 0.168 bits per heavy atom. The molecule has 0 N–H and O–H groups in total. The summed E-state index contributed by atoms with van der Waals surface area (Å²) >= 11 is 0. The van der Waals surface area contributed by atoms with E-state index in [0.717, 1.165) is 117 Å². The van der Waals surface area contributed by atoms with Crippen molar-refractivity contribution in [1.29, 1.82) is 0 Å². The first-order valence-electron chi connectivity index (χ1n) is 40.7. The van der Waals surface area contributed by atoms with Crippen LogP contribution in [0.2, 0.25) is 0 Å². The predicted octanol–water partition coefficient (Wildman–Crippen LogP) is 30.3. The van der Waals surface area contributed by atoms with Gasteiger partial charge in [0.1, 0.15) is 11.2 Å². The SMILES string of the molecule is c1ccc(N(c2ccc3c(c2)Oc2cc4c(cc2O3)-c2cc(-c3ccc5c(-c6ccc(N(c7ccc(-c8cccc9ccccc89)cc7)c7ccc8c(c7)Oc7cc9c(cc7O8)-c7ccccc7C97c8ccccc8-c8ccccc87)cc6)cccc5c3)ccc2C42c3ccccc3-c3ccccc32)c2ccc3oc4ccccc4c3c2)cc1. The highest BCUT2D eigenvalue weighted by Crippen LogP contribution is 2.68. The average molecular weight is 1520 g/mol. The number of para-hydroxylation sites is 2. The van der Waals surface area contributed by atoms with Gasteiger partial charge in [-0.15, -0.1) is 0 Å². The Kier molecular flexibility index (Phi) is 13.7. The molecule has 20 aromatic rings. The molecule has 19 aromatic carbocycles. The summed E-state index contributed by atoms with van der Waals surface area (Å²) in [7, 11) is 0. The van der Waals surface area contributed by atoms with Gasteiger partial charge in [0.2, 0.25) is 0 Å². The lowest BCUT2D eigenvalue weighted by molar-refractivity contribution is 0.359. The molecule has 0 saturated heterocycles. The maximum Gasteiger partial charge on any atom is 0.172 e. The Labute approximate surface area is 685 Å². The molecule has 0 saturated carbocycles. The molecule has 0 fully saturated rings. The van der Waals surface area contributed by atoms with Gasteiger partial charge in [-0.2, -0.15) is 0 Å². The van der Waals surface area contributed by atoms with Crippen LogP contribution in [-0.2, 0) is 10.8 Å². The first kappa shape index (κ1) is 65.7. The van der Waals surface area contributed by atoms with Crippen molar-refractivity contribution in [3.05, 3.63) is 445 Å². The minimum Gasteiger partial charge on any atom is -0.456 e. The van der Waals surface area contributed by atoms with E-state index in [0.29, 0.717) is 46.0 Å². The summed E-state index contributed by atoms with van der Waals surface area (Å²) in [6, 6.07) is 145. The third-order valence-electron chi connectivity index (χ3n) is 26.0. The van der Waals surface area contributed by atoms with Crippen LogP contribution >= 0.6 is 0 Å². The van der Waals surface area contributed by atoms with E-state index in [-0.39, 0.29) is 0 Å². The number of nitrogens with zero attached hydrogens (tertiary/aromatic N) is 2. The van der Waals surface area contributed by atoms with E-state index in [1.54, 1.807) is 0 Å². The van der Waals surface area contributed by atoms with Crippen molar-refractivity contribution in [2.24, 2.45) is 0 Å². The molecule has 3 heterocycles. The molecule has 119 heavy (non-hydrogen) atoms. The molecule has 26 rings (SSSR count).